The molecule has 1 unspecified atom stereocenters. The number of aromatic nitrogens is 2. The largest absolute Gasteiger partial charge is 0.342 e. The van der Waals surface area contributed by atoms with Crippen LogP contribution in [0.1, 0.15) is 18.9 Å². The normalized spacial score (nSPS) is 16.3. The maximum absolute atomic E-state index is 12.4. The smallest absolute Gasteiger partial charge is 0.258 e. The molecule has 3 aromatic rings. The Hall–Kier alpha value is -3.48. The summed E-state index contributed by atoms with van der Waals surface area (Å²) in [4.78, 5) is 30.4. The number of nitrogens with one attached hydrogen (secondary N) is 1. The Bertz CT molecular complexity index is 1020. The first kappa shape index (κ1) is 18.9. The number of hydrogen-bond donors (Lipinski definition) is 1. The predicted octanol–water partition coefficient (Wildman–Crippen LogP) is 3.52. The highest BCUT2D eigenvalue weighted by Crippen LogP contribution is 2.25. The van der Waals surface area contributed by atoms with Gasteiger partial charge in [0.2, 0.25) is 17.6 Å². The van der Waals surface area contributed by atoms with Crippen LogP contribution >= 0.6 is 0 Å². The lowest BCUT2D eigenvalue weighted by Gasteiger charge is -2.13. The van der Waals surface area contributed by atoms with Crippen molar-refractivity contribution in [3.05, 3.63) is 54.1 Å². The Morgan fingerprint density at radius 2 is 1.83 bits per heavy atom. The molecule has 0 spiro atoms. The second kappa shape index (κ2) is 7.87. The summed E-state index contributed by atoms with van der Waals surface area (Å²) in [5.74, 6) is 0.530. The van der Waals surface area contributed by atoms with Crippen LogP contribution in [-0.4, -0.2) is 39.9 Å². The summed E-state index contributed by atoms with van der Waals surface area (Å²) in [6, 6.07) is 15.1. The summed E-state index contributed by atoms with van der Waals surface area (Å²) >= 11 is 0. The van der Waals surface area contributed by atoms with Gasteiger partial charge in [-0.05, 0) is 38.1 Å². The lowest BCUT2D eigenvalue weighted by molar-refractivity contribution is -0.128. The molecule has 1 aliphatic heterocycles. The second-order valence-electron chi connectivity index (χ2n) is 7.19. The highest BCUT2D eigenvalue weighted by atomic mass is 16.5. The summed E-state index contributed by atoms with van der Waals surface area (Å²) in [5.41, 5.74) is 3.49. The van der Waals surface area contributed by atoms with E-state index in [1.165, 1.54) is 5.56 Å². The van der Waals surface area contributed by atoms with Crippen molar-refractivity contribution in [2.75, 3.05) is 18.4 Å². The number of aryl methyl sites for hydroxylation is 1. The first-order chi connectivity index (χ1) is 14.0. The van der Waals surface area contributed by atoms with Gasteiger partial charge >= 0.3 is 0 Å². The van der Waals surface area contributed by atoms with Gasteiger partial charge < -0.3 is 14.7 Å². The van der Waals surface area contributed by atoms with Crippen molar-refractivity contribution in [3.8, 4) is 22.8 Å². The number of anilines is 1. The molecular formula is C22H22N4O3. The predicted molar refractivity (Wildman–Crippen MR) is 109 cm³/mol. The molecule has 0 saturated carbocycles. The van der Waals surface area contributed by atoms with Gasteiger partial charge in [-0.15, -0.1) is 0 Å². The van der Waals surface area contributed by atoms with Gasteiger partial charge in [-0.1, -0.05) is 35.0 Å². The SMILES string of the molecule is CCN1CC(C(=O)Nc2ccc(-c3nc(-c4ccc(C)cc4)no3)cc2)CC1=O. The molecule has 2 amide bonds. The van der Waals surface area contributed by atoms with Crippen molar-refractivity contribution in [1.82, 2.24) is 15.0 Å². The molecule has 2 aromatic carbocycles. The quantitative estimate of drug-likeness (QED) is 0.720. The monoisotopic (exact) mass is 390 g/mol. The van der Waals surface area contributed by atoms with E-state index in [1.807, 2.05) is 50.2 Å². The fourth-order valence-corrected chi connectivity index (χ4v) is 3.35. The second-order valence-corrected chi connectivity index (χ2v) is 7.19. The first-order valence-corrected chi connectivity index (χ1v) is 9.63. The number of carbonyl (C=O) groups excluding carboxylic acids is 2. The number of rotatable bonds is 5. The van der Waals surface area contributed by atoms with Gasteiger partial charge in [-0.25, -0.2) is 0 Å². The third-order valence-electron chi connectivity index (χ3n) is 5.10. The van der Waals surface area contributed by atoms with E-state index in [9.17, 15) is 9.59 Å². The van der Waals surface area contributed by atoms with E-state index in [2.05, 4.69) is 15.5 Å². The molecule has 148 valence electrons. The molecule has 0 radical (unpaired) electrons. The number of amides is 2. The number of hydrogen-bond acceptors (Lipinski definition) is 5. The zero-order chi connectivity index (χ0) is 20.4. The van der Waals surface area contributed by atoms with E-state index in [4.69, 9.17) is 4.52 Å². The van der Waals surface area contributed by atoms with E-state index >= 15 is 0 Å². The minimum atomic E-state index is -0.310. The van der Waals surface area contributed by atoms with Crippen LogP contribution in [-0.2, 0) is 9.59 Å². The van der Waals surface area contributed by atoms with Gasteiger partial charge in [0.1, 0.15) is 0 Å². The van der Waals surface area contributed by atoms with Gasteiger partial charge in [-0.3, -0.25) is 9.59 Å². The average molecular weight is 390 g/mol. The summed E-state index contributed by atoms with van der Waals surface area (Å²) < 4.78 is 5.38. The molecule has 4 rings (SSSR count). The first-order valence-electron chi connectivity index (χ1n) is 9.63. The highest BCUT2D eigenvalue weighted by Gasteiger charge is 2.33. The van der Waals surface area contributed by atoms with Crippen molar-refractivity contribution >= 4 is 17.5 Å². The zero-order valence-corrected chi connectivity index (χ0v) is 16.4. The molecule has 29 heavy (non-hydrogen) atoms. The van der Waals surface area contributed by atoms with Crippen LogP contribution in [0, 0.1) is 12.8 Å². The maximum Gasteiger partial charge on any atom is 0.258 e. The van der Waals surface area contributed by atoms with E-state index in [1.54, 1.807) is 17.0 Å². The molecule has 7 heteroatoms. The van der Waals surface area contributed by atoms with Crippen molar-refractivity contribution in [3.63, 3.8) is 0 Å². The van der Waals surface area contributed by atoms with E-state index in [0.29, 0.717) is 30.5 Å². The molecule has 1 fully saturated rings. The topological polar surface area (TPSA) is 88.3 Å². The van der Waals surface area contributed by atoms with Crippen LogP contribution in [0.4, 0.5) is 5.69 Å². The van der Waals surface area contributed by atoms with Crippen molar-refractivity contribution < 1.29 is 14.1 Å². The fraction of sp³-hybridized carbons (Fsp3) is 0.273. The summed E-state index contributed by atoms with van der Waals surface area (Å²) in [6.07, 6.45) is 0.265. The lowest BCUT2D eigenvalue weighted by atomic mass is 10.1. The van der Waals surface area contributed by atoms with Crippen LogP contribution in [0.3, 0.4) is 0 Å². The number of benzene rings is 2. The summed E-state index contributed by atoms with van der Waals surface area (Å²) in [6.45, 7) is 5.05. The Labute approximate surface area is 168 Å². The van der Waals surface area contributed by atoms with E-state index < -0.39 is 0 Å². The molecule has 2 heterocycles. The fourth-order valence-electron chi connectivity index (χ4n) is 3.35. The van der Waals surface area contributed by atoms with Gasteiger partial charge in [0.15, 0.2) is 0 Å². The van der Waals surface area contributed by atoms with Crippen LogP contribution in [0.25, 0.3) is 22.8 Å². The molecule has 0 aliphatic carbocycles. The Morgan fingerprint density at radius 1 is 1.14 bits per heavy atom. The van der Waals surface area contributed by atoms with Crippen molar-refractivity contribution in [2.24, 2.45) is 5.92 Å². The van der Waals surface area contributed by atoms with E-state index in [0.717, 1.165) is 11.1 Å². The van der Waals surface area contributed by atoms with Crippen molar-refractivity contribution in [2.45, 2.75) is 20.3 Å². The van der Waals surface area contributed by atoms with Gasteiger partial charge in [0, 0.05) is 36.3 Å². The summed E-state index contributed by atoms with van der Waals surface area (Å²) in [7, 11) is 0. The minimum Gasteiger partial charge on any atom is -0.342 e. The number of likely N-dealkylation sites (tertiary alicyclic amines) is 1. The third kappa shape index (κ3) is 4.03. The van der Waals surface area contributed by atoms with Crippen LogP contribution < -0.4 is 5.32 Å². The van der Waals surface area contributed by atoms with Crippen LogP contribution in [0.15, 0.2) is 53.1 Å². The molecule has 1 aromatic heterocycles. The molecule has 1 atom stereocenters. The van der Waals surface area contributed by atoms with Gasteiger partial charge in [0.25, 0.3) is 5.89 Å². The Morgan fingerprint density at radius 3 is 2.48 bits per heavy atom. The molecule has 1 N–H and O–H groups in total. The molecule has 1 aliphatic rings. The average Bonchev–Trinajstić information content (AvgIpc) is 3.36. The minimum absolute atomic E-state index is 0.0313. The Balaban J connectivity index is 1.42. The van der Waals surface area contributed by atoms with Crippen LogP contribution in [0.2, 0.25) is 0 Å². The molecule has 0 bridgehead atoms. The molecule has 7 nitrogen and oxygen atoms in total. The third-order valence-corrected chi connectivity index (χ3v) is 5.10. The maximum atomic E-state index is 12.4. The van der Waals surface area contributed by atoms with Crippen molar-refractivity contribution in [1.29, 1.82) is 0 Å². The molecular weight excluding hydrogens is 368 g/mol. The number of nitrogens with zero attached hydrogens (tertiary/aromatic N) is 3. The summed E-state index contributed by atoms with van der Waals surface area (Å²) in [5, 5.41) is 6.93. The van der Waals surface area contributed by atoms with Gasteiger partial charge in [0.05, 0.1) is 5.92 Å². The standard InChI is InChI=1S/C22H22N4O3/c1-3-26-13-17(12-19(26)27)21(28)23-18-10-8-16(9-11-18)22-24-20(25-29-22)15-6-4-14(2)5-7-15/h4-11,17H,3,12-13H2,1-2H3,(H,23,28). The highest BCUT2D eigenvalue weighted by molar-refractivity contribution is 5.97. The lowest BCUT2D eigenvalue weighted by Crippen LogP contribution is -2.28. The Kier molecular flexibility index (Phi) is 5.12. The van der Waals surface area contributed by atoms with Gasteiger partial charge in [-0.2, -0.15) is 4.98 Å². The number of carbonyl (C=O) groups is 2. The molecule has 1 saturated heterocycles. The van der Waals surface area contributed by atoms with E-state index in [-0.39, 0.29) is 24.2 Å². The zero-order valence-electron chi connectivity index (χ0n) is 16.4. The van der Waals surface area contributed by atoms with Crippen LogP contribution in [0.5, 0.6) is 0 Å².